The van der Waals surface area contributed by atoms with Crippen LogP contribution >= 0.6 is 0 Å². The molecule has 6 rings (SSSR count). The van der Waals surface area contributed by atoms with Crippen LogP contribution < -0.4 is 10.6 Å². The Balaban J connectivity index is 1.36. The van der Waals surface area contributed by atoms with Crippen molar-refractivity contribution in [1.82, 2.24) is 25.4 Å². The SMILES string of the molecule is O=C(N[C@H]1CN2CCC1CC2)c1cc2c(C(=O)N3CCNCC3)coc2cn1. The Morgan fingerprint density at radius 2 is 1.96 bits per heavy atom. The summed E-state index contributed by atoms with van der Waals surface area (Å²) in [5.74, 6) is 0.314. The van der Waals surface area contributed by atoms with Gasteiger partial charge < -0.3 is 24.9 Å². The van der Waals surface area contributed by atoms with Gasteiger partial charge in [-0.05, 0) is 37.9 Å². The molecule has 4 saturated heterocycles. The molecule has 1 atom stereocenters. The molecule has 28 heavy (non-hydrogen) atoms. The van der Waals surface area contributed by atoms with Crippen LogP contribution in [-0.4, -0.2) is 78.5 Å². The van der Waals surface area contributed by atoms with Gasteiger partial charge in [-0.2, -0.15) is 0 Å². The van der Waals surface area contributed by atoms with Crippen LogP contribution in [0.15, 0.2) is 22.9 Å². The lowest BCUT2D eigenvalue weighted by atomic mass is 9.84. The molecule has 2 aromatic rings. The Labute approximate surface area is 163 Å². The summed E-state index contributed by atoms with van der Waals surface area (Å²) in [5.41, 5.74) is 1.36. The van der Waals surface area contributed by atoms with Crippen molar-refractivity contribution in [3.63, 3.8) is 0 Å². The van der Waals surface area contributed by atoms with E-state index in [-0.39, 0.29) is 17.9 Å². The maximum Gasteiger partial charge on any atom is 0.270 e. The molecule has 148 valence electrons. The van der Waals surface area contributed by atoms with Crippen molar-refractivity contribution in [2.24, 2.45) is 5.92 Å². The van der Waals surface area contributed by atoms with Crippen LogP contribution in [0.5, 0.6) is 0 Å². The highest BCUT2D eigenvalue weighted by molar-refractivity contribution is 6.07. The lowest BCUT2D eigenvalue weighted by Gasteiger charge is -2.44. The second kappa shape index (κ2) is 7.18. The van der Waals surface area contributed by atoms with Gasteiger partial charge in [-0.25, -0.2) is 4.98 Å². The van der Waals surface area contributed by atoms with Crippen molar-refractivity contribution < 1.29 is 14.0 Å². The predicted octanol–water partition coefficient (Wildman–Crippen LogP) is 0.697. The van der Waals surface area contributed by atoms with E-state index in [0.717, 1.165) is 45.6 Å². The van der Waals surface area contributed by atoms with E-state index in [4.69, 9.17) is 4.42 Å². The zero-order valence-corrected chi connectivity index (χ0v) is 15.8. The molecular weight excluding hydrogens is 358 g/mol. The number of hydrogen-bond acceptors (Lipinski definition) is 6. The number of aromatic nitrogens is 1. The molecule has 0 unspecified atom stereocenters. The topological polar surface area (TPSA) is 90.7 Å². The van der Waals surface area contributed by atoms with Crippen molar-refractivity contribution in [2.75, 3.05) is 45.8 Å². The van der Waals surface area contributed by atoms with Gasteiger partial charge >= 0.3 is 0 Å². The van der Waals surface area contributed by atoms with Gasteiger partial charge in [-0.1, -0.05) is 0 Å². The third-order valence-corrected chi connectivity index (χ3v) is 6.30. The highest BCUT2D eigenvalue weighted by atomic mass is 16.3. The van der Waals surface area contributed by atoms with Crippen LogP contribution in [-0.2, 0) is 0 Å². The summed E-state index contributed by atoms with van der Waals surface area (Å²) >= 11 is 0. The third kappa shape index (κ3) is 3.16. The first-order valence-corrected chi connectivity index (χ1v) is 10.1. The number of piperidine rings is 3. The van der Waals surface area contributed by atoms with Gasteiger partial charge in [0.1, 0.15) is 12.0 Å². The monoisotopic (exact) mass is 383 g/mol. The quantitative estimate of drug-likeness (QED) is 0.811. The fraction of sp³-hybridized carbons (Fsp3) is 0.550. The molecule has 4 fully saturated rings. The van der Waals surface area contributed by atoms with Gasteiger partial charge in [-0.3, -0.25) is 9.59 Å². The van der Waals surface area contributed by atoms with Gasteiger partial charge in [0.25, 0.3) is 11.8 Å². The van der Waals surface area contributed by atoms with E-state index in [1.54, 1.807) is 6.07 Å². The average Bonchev–Trinajstić information content (AvgIpc) is 3.18. The van der Waals surface area contributed by atoms with E-state index in [0.29, 0.717) is 41.2 Å². The van der Waals surface area contributed by atoms with Crippen molar-refractivity contribution in [3.05, 3.63) is 29.8 Å². The predicted molar refractivity (Wildman–Crippen MR) is 103 cm³/mol. The van der Waals surface area contributed by atoms with Crippen LogP contribution in [0.2, 0.25) is 0 Å². The van der Waals surface area contributed by atoms with E-state index in [1.165, 1.54) is 12.5 Å². The minimum Gasteiger partial charge on any atom is -0.462 e. The summed E-state index contributed by atoms with van der Waals surface area (Å²) in [6.07, 6.45) is 5.30. The zero-order valence-electron chi connectivity index (χ0n) is 15.8. The Hall–Kier alpha value is -2.45. The van der Waals surface area contributed by atoms with Crippen molar-refractivity contribution in [2.45, 2.75) is 18.9 Å². The van der Waals surface area contributed by atoms with Gasteiger partial charge in [0.15, 0.2) is 5.58 Å². The van der Waals surface area contributed by atoms with Crippen molar-refractivity contribution in [1.29, 1.82) is 0 Å². The molecule has 0 radical (unpaired) electrons. The number of rotatable bonds is 3. The zero-order chi connectivity index (χ0) is 19.1. The average molecular weight is 383 g/mol. The minimum absolute atomic E-state index is 0.0600. The summed E-state index contributed by atoms with van der Waals surface area (Å²) in [5, 5.41) is 7.05. The summed E-state index contributed by atoms with van der Waals surface area (Å²) in [7, 11) is 0. The Kier molecular flexibility index (Phi) is 4.52. The van der Waals surface area contributed by atoms with Gasteiger partial charge in [0.05, 0.1) is 11.8 Å². The largest absolute Gasteiger partial charge is 0.462 e. The molecule has 2 N–H and O–H groups in total. The van der Waals surface area contributed by atoms with Crippen LogP contribution in [0.3, 0.4) is 0 Å². The third-order valence-electron chi connectivity index (χ3n) is 6.30. The Morgan fingerprint density at radius 1 is 1.18 bits per heavy atom. The molecule has 0 aromatic carbocycles. The lowest BCUT2D eigenvalue weighted by Crippen LogP contribution is -2.57. The van der Waals surface area contributed by atoms with Crippen molar-refractivity contribution in [3.8, 4) is 0 Å². The molecule has 0 aliphatic carbocycles. The normalized spacial score (nSPS) is 27.1. The number of amides is 2. The number of furan rings is 1. The molecular formula is C20H25N5O3. The second-order valence-electron chi connectivity index (χ2n) is 7.98. The van der Waals surface area contributed by atoms with E-state index in [2.05, 4.69) is 20.5 Å². The number of carbonyl (C=O) groups excluding carboxylic acids is 2. The minimum atomic E-state index is -0.178. The number of carbonyl (C=O) groups is 2. The number of pyridine rings is 1. The fourth-order valence-corrected chi connectivity index (χ4v) is 4.63. The molecule has 2 amide bonds. The molecule has 2 aromatic heterocycles. The standard InChI is InChI=1S/C20H25N5O3/c26-19(23-17-11-24-5-1-13(17)2-6-24)16-9-14-15(12-28-18(14)10-22-16)20(27)25-7-3-21-4-8-25/h9-10,12-13,17,21H,1-8,11H2,(H,23,26)/t17-/m0/s1. The maximum absolute atomic E-state index is 12.9. The summed E-state index contributed by atoms with van der Waals surface area (Å²) < 4.78 is 5.52. The number of nitrogens with one attached hydrogen (secondary N) is 2. The van der Waals surface area contributed by atoms with Crippen LogP contribution in [0, 0.1) is 5.92 Å². The van der Waals surface area contributed by atoms with Gasteiger partial charge in [0.2, 0.25) is 0 Å². The van der Waals surface area contributed by atoms with E-state index in [9.17, 15) is 9.59 Å². The smallest absolute Gasteiger partial charge is 0.270 e. The lowest BCUT2D eigenvalue weighted by molar-refractivity contribution is 0.0617. The van der Waals surface area contributed by atoms with Crippen molar-refractivity contribution >= 4 is 22.8 Å². The Bertz CT molecular complexity index is 896. The molecule has 8 nitrogen and oxygen atoms in total. The molecule has 0 saturated carbocycles. The maximum atomic E-state index is 12.9. The molecule has 4 aliphatic heterocycles. The van der Waals surface area contributed by atoms with Gasteiger partial charge in [0, 0.05) is 44.2 Å². The second-order valence-corrected chi connectivity index (χ2v) is 7.98. The number of fused-ring (bicyclic) bond motifs is 4. The van der Waals surface area contributed by atoms with E-state index in [1.807, 2.05) is 4.90 Å². The summed E-state index contributed by atoms with van der Waals surface area (Å²) in [6.45, 7) is 6.10. The van der Waals surface area contributed by atoms with Crippen LogP contribution in [0.25, 0.3) is 11.0 Å². The van der Waals surface area contributed by atoms with E-state index >= 15 is 0 Å². The highest BCUT2D eigenvalue weighted by Crippen LogP contribution is 2.28. The van der Waals surface area contributed by atoms with Gasteiger partial charge in [-0.15, -0.1) is 0 Å². The first-order valence-electron chi connectivity index (χ1n) is 10.1. The van der Waals surface area contributed by atoms with Crippen LogP contribution in [0.4, 0.5) is 0 Å². The van der Waals surface area contributed by atoms with E-state index < -0.39 is 0 Å². The fourth-order valence-electron chi connectivity index (χ4n) is 4.63. The molecule has 8 heteroatoms. The number of piperazine rings is 1. The number of nitrogens with zero attached hydrogens (tertiary/aromatic N) is 3. The molecule has 2 bridgehead atoms. The summed E-state index contributed by atoms with van der Waals surface area (Å²) in [6, 6.07) is 1.86. The Morgan fingerprint density at radius 3 is 2.68 bits per heavy atom. The number of hydrogen-bond donors (Lipinski definition) is 2. The highest BCUT2D eigenvalue weighted by Gasteiger charge is 2.35. The molecule has 0 spiro atoms. The first kappa shape index (κ1) is 17.6. The summed E-state index contributed by atoms with van der Waals surface area (Å²) in [4.78, 5) is 34.2. The molecule has 4 aliphatic rings. The first-order chi connectivity index (χ1) is 13.7. The van der Waals surface area contributed by atoms with Crippen LogP contribution in [0.1, 0.15) is 33.7 Å². The molecule has 6 heterocycles.